The molecule has 55 heavy (non-hydrogen) atoms. The van der Waals surface area contributed by atoms with Crippen molar-refractivity contribution in [1.82, 2.24) is 24.2 Å². The highest BCUT2D eigenvalue weighted by Gasteiger charge is 2.36. The van der Waals surface area contributed by atoms with Crippen LogP contribution in [0.3, 0.4) is 0 Å². The van der Waals surface area contributed by atoms with E-state index in [1.54, 1.807) is 44.4 Å². The minimum Gasteiger partial charge on any atom is -0.340 e. The Kier molecular flexibility index (Phi) is 13.5. The number of benzene rings is 3. The zero-order valence-corrected chi connectivity index (χ0v) is 32.5. The Morgan fingerprint density at radius 1 is 1.04 bits per heavy atom. The number of hydrogen-bond donors (Lipinski definition) is 2. The van der Waals surface area contributed by atoms with Crippen LogP contribution in [-0.2, 0) is 10.4 Å². The summed E-state index contributed by atoms with van der Waals surface area (Å²) in [6, 6.07) is 24.0. The number of carbonyl (C=O) groups excluding carboxylic acids is 1. The predicted octanol–water partition coefficient (Wildman–Crippen LogP) is 7.46. The molecule has 1 amide bonds. The minimum atomic E-state index is -4.62. The third-order valence-corrected chi connectivity index (χ3v) is 10.9. The van der Waals surface area contributed by atoms with E-state index in [2.05, 4.69) is 37.5 Å². The molecule has 14 heteroatoms. The number of halogens is 3. The maximum Gasteiger partial charge on any atom is 0.416 e. The molecule has 2 N–H and O–H groups in total. The largest absolute Gasteiger partial charge is 0.416 e. The van der Waals surface area contributed by atoms with Gasteiger partial charge in [0.05, 0.1) is 73.9 Å². The molecule has 0 spiro atoms. The summed E-state index contributed by atoms with van der Waals surface area (Å²) in [6.45, 7) is 4.88. The number of nitrogens with zero attached hydrogens (tertiary/aromatic N) is 5. The highest BCUT2D eigenvalue weighted by Crippen LogP contribution is 2.42. The highest BCUT2D eigenvalue weighted by atomic mass is 32.2. The Bertz CT molecular complexity index is 2140. The van der Waals surface area contributed by atoms with Crippen LogP contribution in [0.15, 0.2) is 101 Å². The van der Waals surface area contributed by atoms with E-state index in [4.69, 9.17) is 4.18 Å². The van der Waals surface area contributed by atoms with Crippen LogP contribution in [0.5, 0.6) is 0 Å². The van der Waals surface area contributed by atoms with Crippen molar-refractivity contribution in [1.29, 1.82) is 5.26 Å². The molecule has 0 atom stereocenters. The van der Waals surface area contributed by atoms with Crippen molar-refractivity contribution in [3.8, 4) is 28.8 Å². The fourth-order valence-electron chi connectivity index (χ4n) is 7.07. The lowest BCUT2D eigenvalue weighted by Crippen LogP contribution is -3.05. The number of rotatable bonds is 10. The van der Waals surface area contributed by atoms with E-state index in [0.29, 0.717) is 16.9 Å². The maximum absolute atomic E-state index is 14.1. The van der Waals surface area contributed by atoms with Gasteiger partial charge in [0.2, 0.25) is 0 Å². The summed E-state index contributed by atoms with van der Waals surface area (Å²) in [4.78, 5) is 30.7. The van der Waals surface area contributed by atoms with Crippen LogP contribution in [0.2, 0.25) is 0 Å². The van der Waals surface area contributed by atoms with Gasteiger partial charge >= 0.3 is 17.9 Å². The van der Waals surface area contributed by atoms with Crippen molar-refractivity contribution in [2.24, 2.45) is 5.41 Å². The third-order valence-electron chi connectivity index (χ3n) is 10.2. The molecule has 0 unspecified atom stereocenters. The summed E-state index contributed by atoms with van der Waals surface area (Å²) in [5.74, 6) is 0. The van der Waals surface area contributed by atoms with Gasteiger partial charge in [0.25, 0.3) is 0 Å². The van der Waals surface area contributed by atoms with E-state index in [-0.39, 0.29) is 28.5 Å². The lowest BCUT2D eigenvalue weighted by atomic mass is 9.68. The van der Waals surface area contributed by atoms with Gasteiger partial charge in [-0.1, -0.05) is 37.6 Å². The number of nitrogens with one attached hydrogen (secondary N) is 2. The summed E-state index contributed by atoms with van der Waals surface area (Å²) in [5.41, 5.74) is 0.403. The molecule has 10 nitrogen and oxygen atoms in total. The maximum atomic E-state index is 14.1. The van der Waals surface area contributed by atoms with Crippen molar-refractivity contribution in [3.63, 3.8) is 0 Å². The molecule has 0 saturated heterocycles. The number of imidazole rings is 1. The molecular formula is C41H47F3N7O3S+. The van der Waals surface area contributed by atoms with Crippen LogP contribution < -0.4 is 15.9 Å². The molecule has 0 radical (unpaired) electrons. The Balaban J connectivity index is 0.000000566. The molecule has 6 rings (SSSR count). The fraction of sp³-hybridized carbons (Fsp3) is 0.366. The van der Waals surface area contributed by atoms with E-state index in [1.807, 2.05) is 30.3 Å². The number of hydrogen-bond acceptors (Lipinski definition) is 6. The normalized spacial score (nSPS) is 17.0. The monoisotopic (exact) mass is 774 g/mol. The van der Waals surface area contributed by atoms with Gasteiger partial charge in [0.15, 0.2) is 0 Å². The Morgan fingerprint density at radius 2 is 1.73 bits per heavy atom. The van der Waals surface area contributed by atoms with E-state index >= 15 is 0 Å². The van der Waals surface area contributed by atoms with Crippen molar-refractivity contribution in [3.05, 3.63) is 118 Å². The van der Waals surface area contributed by atoms with Crippen molar-refractivity contribution in [2.45, 2.75) is 69.5 Å². The second-order valence-corrected chi connectivity index (χ2v) is 15.0. The lowest BCUT2D eigenvalue weighted by molar-refractivity contribution is -0.859. The number of alkyl halides is 3. The van der Waals surface area contributed by atoms with Crippen LogP contribution in [0, 0.1) is 23.7 Å². The smallest absolute Gasteiger partial charge is 0.340 e. The molecule has 0 aliphatic heterocycles. The van der Waals surface area contributed by atoms with Crippen LogP contribution in [0.4, 0.5) is 18.0 Å². The second kappa shape index (κ2) is 18.0. The molecule has 2 aromatic heterocycles. The number of amides is 1. The van der Waals surface area contributed by atoms with Crippen molar-refractivity contribution >= 4 is 18.1 Å². The molecule has 1 fully saturated rings. The van der Waals surface area contributed by atoms with E-state index in [1.165, 1.54) is 40.0 Å². The van der Waals surface area contributed by atoms with Gasteiger partial charge in [-0.25, -0.2) is 18.8 Å². The van der Waals surface area contributed by atoms with Crippen LogP contribution in [0.25, 0.3) is 22.8 Å². The van der Waals surface area contributed by atoms with Gasteiger partial charge in [-0.3, -0.25) is 4.57 Å². The molecule has 5 aromatic rings. The summed E-state index contributed by atoms with van der Waals surface area (Å²) in [7, 11) is 5.95. The van der Waals surface area contributed by atoms with Crippen LogP contribution >= 0.6 is 12.0 Å². The van der Waals surface area contributed by atoms with Gasteiger partial charge in [-0.05, 0) is 98.7 Å². The molecule has 1 aliphatic carbocycles. The van der Waals surface area contributed by atoms with E-state index in [9.17, 15) is 28.0 Å². The molecule has 2 heterocycles. The topological polar surface area (TPSA) is 111 Å². The molecule has 1 saturated carbocycles. The summed E-state index contributed by atoms with van der Waals surface area (Å²) in [5, 5.41) is 16.7. The Morgan fingerprint density at radius 3 is 2.33 bits per heavy atom. The lowest BCUT2D eigenvalue weighted by Gasteiger charge is -2.40. The SMILES string of the molecule is CCC1(CC[NH+](C)C)CCC(NC(=O)n2c(-c3ccnn3-c3ccc(C#N)cc3)c(C)n(-c3cccc(C(F)(F)F)c3)c2=O)CC1.COSc1ccccc1. The van der Waals surface area contributed by atoms with Gasteiger partial charge < -0.3 is 14.4 Å². The summed E-state index contributed by atoms with van der Waals surface area (Å²) < 4.78 is 49.5. The van der Waals surface area contributed by atoms with Crippen LogP contribution in [-0.4, -0.2) is 58.7 Å². The average molecular weight is 775 g/mol. The Labute approximate surface area is 323 Å². The highest BCUT2D eigenvalue weighted by molar-refractivity contribution is 7.94. The Hall–Kier alpha value is -5.10. The zero-order valence-electron chi connectivity index (χ0n) is 31.7. The standard InChI is InChI=1S/C34H38F3N7O2.C7H8OS/c1-5-33(18-20-41(3)4)16-13-26(14-17-33)40-31(45)43-30(29-15-19-39-44(29)27-11-9-24(22-38)10-12-27)23(2)42(32(43)46)28-8-6-7-25(21-28)34(35,36)37;1-8-9-7-5-3-2-4-6-7/h6-12,15,19,21,26H,5,13-14,16-18,20H2,1-4H3,(H,40,45);2-6H,1H3/p+1. The van der Waals surface area contributed by atoms with Gasteiger partial charge in [-0.2, -0.15) is 23.5 Å². The summed E-state index contributed by atoms with van der Waals surface area (Å²) >= 11 is 1.38. The quantitative estimate of drug-likeness (QED) is 0.143. The second-order valence-electron chi connectivity index (χ2n) is 14.1. The first kappa shape index (κ1) is 41.1. The molecule has 290 valence electrons. The number of aromatic nitrogens is 4. The molecule has 0 bridgehead atoms. The fourth-order valence-corrected chi connectivity index (χ4v) is 7.53. The first-order valence-corrected chi connectivity index (χ1v) is 19.0. The van der Waals surface area contributed by atoms with Gasteiger partial charge in [-0.15, -0.1) is 0 Å². The first-order valence-electron chi connectivity index (χ1n) is 18.2. The van der Waals surface area contributed by atoms with E-state index in [0.717, 1.165) is 71.2 Å². The number of carbonyl (C=O) groups is 1. The average Bonchev–Trinajstić information content (AvgIpc) is 3.76. The predicted molar refractivity (Wildman–Crippen MR) is 208 cm³/mol. The molecule has 1 aliphatic rings. The van der Waals surface area contributed by atoms with Crippen molar-refractivity contribution in [2.75, 3.05) is 27.7 Å². The van der Waals surface area contributed by atoms with E-state index < -0.39 is 23.5 Å². The minimum absolute atomic E-state index is 0.0111. The van der Waals surface area contributed by atoms with Gasteiger partial charge in [0, 0.05) is 29.4 Å². The third kappa shape index (κ3) is 9.77. The zero-order chi connectivity index (χ0) is 39.8. The first-order chi connectivity index (χ1) is 26.3. The number of nitriles is 1. The number of quaternary nitrogens is 1. The summed E-state index contributed by atoms with van der Waals surface area (Å²) in [6.07, 6.45) is 2.51. The molecular weight excluding hydrogens is 728 g/mol. The van der Waals surface area contributed by atoms with Crippen LogP contribution in [0.1, 0.15) is 62.3 Å². The van der Waals surface area contributed by atoms with Gasteiger partial charge in [0.1, 0.15) is 5.69 Å². The van der Waals surface area contributed by atoms with Crippen molar-refractivity contribution < 1.29 is 27.0 Å². The molecule has 3 aromatic carbocycles.